The molecular formula is C14H27NO2. The van der Waals surface area contributed by atoms with E-state index in [1.54, 1.807) is 0 Å². The predicted octanol–water partition coefficient (Wildman–Crippen LogP) is 2.06. The molecule has 1 saturated heterocycles. The second kappa shape index (κ2) is 5.25. The second-order valence-electron chi connectivity index (χ2n) is 6.47. The van der Waals surface area contributed by atoms with Crippen LogP contribution in [0.3, 0.4) is 0 Å². The topological polar surface area (TPSA) is 30.5 Å². The maximum atomic E-state index is 5.79. The molecule has 0 spiro atoms. The number of hydrogen-bond donors (Lipinski definition) is 1. The first-order valence-electron chi connectivity index (χ1n) is 6.96. The van der Waals surface area contributed by atoms with Crippen molar-refractivity contribution in [3.63, 3.8) is 0 Å². The lowest BCUT2D eigenvalue weighted by Gasteiger charge is -2.55. The number of hydrogen-bond acceptors (Lipinski definition) is 3. The van der Waals surface area contributed by atoms with Crippen LogP contribution in [0.15, 0.2) is 0 Å². The highest BCUT2D eigenvalue weighted by Gasteiger charge is 2.58. The Balaban J connectivity index is 1.66. The molecule has 0 aromatic heterocycles. The average Bonchev–Trinajstić information content (AvgIpc) is 2.69. The van der Waals surface area contributed by atoms with Gasteiger partial charge in [-0.15, -0.1) is 0 Å². The maximum Gasteiger partial charge on any atom is 0.0685 e. The molecule has 3 heteroatoms. The summed E-state index contributed by atoms with van der Waals surface area (Å²) in [6.45, 7) is 12.6. The van der Waals surface area contributed by atoms with Gasteiger partial charge in [0.1, 0.15) is 0 Å². The highest BCUT2D eigenvalue weighted by molar-refractivity contribution is 5.11. The zero-order valence-electron chi connectivity index (χ0n) is 11.7. The van der Waals surface area contributed by atoms with E-state index in [1.807, 2.05) is 0 Å². The van der Waals surface area contributed by atoms with Crippen molar-refractivity contribution in [1.82, 2.24) is 5.32 Å². The van der Waals surface area contributed by atoms with Gasteiger partial charge in [-0.3, -0.25) is 0 Å². The van der Waals surface area contributed by atoms with E-state index in [4.69, 9.17) is 9.47 Å². The maximum absolute atomic E-state index is 5.79. The highest BCUT2D eigenvalue weighted by Crippen LogP contribution is 2.51. The minimum atomic E-state index is 0.291. The van der Waals surface area contributed by atoms with Crippen molar-refractivity contribution in [2.45, 2.75) is 46.3 Å². The van der Waals surface area contributed by atoms with Crippen molar-refractivity contribution in [3.8, 4) is 0 Å². The van der Waals surface area contributed by atoms with Gasteiger partial charge in [0, 0.05) is 37.1 Å². The highest BCUT2D eigenvalue weighted by atomic mass is 16.5. The van der Waals surface area contributed by atoms with Crippen LogP contribution in [0.2, 0.25) is 0 Å². The molecule has 0 aromatic rings. The van der Waals surface area contributed by atoms with Crippen LogP contribution in [0, 0.1) is 17.3 Å². The van der Waals surface area contributed by atoms with Crippen molar-refractivity contribution in [2.75, 3.05) is 26.4 Å². The fourth-order valence-electron chi connectivity index (χ4n) is 3.34. The summed E-state index contributed by atoms with van der Waals surface area (Å²) in [6, 6.07) is 0.609. The van der Waals surface area contributed by atoms with Gasteiger partial charge >= 0.3 is 0 Å². The van der Waals surface area contributed by atoms with E-state index in [1.165, 1.54) is 6.42 Å². The van der Waals surface area contributed by atoms with Crippen LogP contribution in [-0.2, 0) is 9.47 Å². The second-order valence-corrected chi connectivity index (χ2v) is 6.47. The molecule has 100 valence electrons. The summed E-state index contributed by atoms with van der Waals surface area (Å²) in [4.78, 5) is 0. The molecule has 2 aliphatic rings. The largest absolute Gasteiger partial charge is 0.380 e. The molecule has 2 rings (SSSR count). The predicted molar refractivity (Wildman–Crippen MR) is 69.1 cm³/mol. The number of rotatable bonds is 6. The van der Waals surface area contributed by atoms with E-state index < -0.39 is 0 Å². The molecule has 0 bridgehead atoms. The Kier molecular flexibility index (Phi) is 4.11. The van der Waals surface area contributed by atoms with Gasteiger partial charge in [-0.05, 0) is 12.3 Å². The van der Waals surface area contributed by atoms with Crippen molar-refractivity contribution < 1.29 is 9.47 Å². The van der Waals surface area contributed by atoms with Crippen LogP contribution >= 0.6 is 0 Å². The Hall–Kier alpha value is -0.120. The van der Waals surface area contributed by atoms with Crippen LogP contribution in [-0.4, -0.2) is 38.5 Å². The molecule has 2 fully saturated rings. The molecule has 3 atom stereocenters. The van der Waals surface area contributed by atoms with Gasteiger partial charge < -0.3 is 14.8 Å². The van der Waals surface area contributed by atoms with Crippen LogP contribution in [0.5, 0.6) is 0 Å². The summed E-state index contributed by atoms with van der Waals surface area (Å²) >= 11 is 0. The molecule has 1 aliphatic carbocycles. The normalized spacial score (nSPS) is 34.8. The zero-order valence-corrected chi connectivity index (χ0v) is 11.7. The Labute approximate surface area is 105 Å². The van der Waals surface area contributed by atoms with Crippen molar-refractivity contribution in [2.24, 2.45) is 17.3 Å². The Bertz CT molecular complexity index is 253. The molecule has 1 saturated carbocycles. The Morgan fingerprint density at radius 2 is 2.18 bits per heavy atom. The van der Waals surface area contributed by atoms with Gasteiger partial charge in [0.2, 0.25) is 0 Å². The SMILES string of the molecule is CC(C)COCCNC1C2CCOC2C1(C)C. The summed E-state index contributed by atoms with van der Waals surface area (Å²) < 4.78 is 11.4. The zero-order chi connectivity index (χ0) is 12.5. The van der Waals surface area contributed by atoms with Crippen LogP contribution in [0.1, 0.15) is 34.1 Å². The van der Waals surface area contributed by atoms with Crippen LogP contribution in [0.4, 0.5) is 0 Å². The summed E-state index contributed by atoms with van der Waals surface area (Å²) in [7, 11) is 0. The van der Waals surface area contributed by atoms with E-state index >= 15 is 0 Å². The summed E-state index contributed by atoms with van der Waals surface area (Å²) in [5.74, 6) is 1.36. The number of ether oxygens (including phenoxy) is 2. The molecule has 3 unspecified atom stereocenters. The monoisotopic (exact) mass is 241 g/mol. The first-order valence-corrected chi connectivity index (χ1v) is 6.96. The molecule has 1 N–H and O–H groups in total. The molecule has 0 amide bonds. The van der Waals surface area contributed by atoms with E-state index in [2.05, 4.69) is 33.0 Å². The standard InChI is InChI=1S/C14H27NO2/c1-10(2)9-16-8-6-15-12-11-5-7-17-13(11)14(12,3)4/h10-13,15H,5-9H2,1-4H3. The van der Waals surface area contributed by atoms with Crippen molar-refractivity contribution >= 4 is 0 Å². The van der Waals surface area contributed by atoms with Crippen molar-refractivity contribution in [3.05, 3.63) is 0 Å². The van der Waals surface area contributed by atoms with Gasteiger partial charge in [0.25, 0.3) is 0 Å². The number of fused-ring (bicyclic) bond motifs is 1. The van der Waals surface area contributed by atoms with Crippen LogP contribution in [0.25, 0.3) is 0 Å². The summed E-state index contributed by atoms with van der Waals surface area (Å²) in [6.07, 6.45) is 1.70. The Morgan fingerprint density at radius 1 is 1.41 bits per heavy atom. The van der Waals surface area contributed by atoms with Crippen molar-refractivity contribution in [1.29, 1.82) is 0 Å². The van der Waals surface area contributed by atoms with Gasteiger partial charge in [-0.25, -0.2) is 0 Å². The molecule has 1 heterocycles. The third-order valence-corrected chi connectivity index (χ3v) is 4.16. The molecule has 0 aromatic carbocycles. The lowest BCUT2D eigenvalue weighted by molar-refractivity contribution is -0.113. The molecule has 1 aliphatic heterocycles. The first-order chi connectivity index (χ1) is 8.03. The Morgan fingerprint density at radius 3 is 2.88 bits per heavy atom. The van der Waals surface area contributed by atoms with E-state index in [0.717, 1.165) is 32.3 Å². The van der Waals surface area contributed by atoms with Crippen LogP contribution < -0.4 is 5.32 Å². The molecule has 3 nitrogen and oxygen atoms in total. The third-order valence-electron chi connectivity index (χ3n) is 4.16. The molecule has 17 heavy (non-hydrogen) atoms. The summed E-state index contributed by atoms with van der Waals surface area (Å²) in [5, 5.41) is 3.65. The lowest BCUT2D eigenvalue weighted by atomic mass is 9.57. The third kappa shape index (κ3) is 2.67. The smallest absolute Gasteiger partial charge is 0.0685 e. The fraction of sp³-hybridized carbons (Fsp3) is 1.00. The van der Waals surface area contributed by atoms with Gasteiger partial charge in [0.15, 0.2) is 0 Å². The van der Waals surface area contributed by atoms with Gasteiger partial charge in [-0.2, -0.15) is 0 Å². The number of nitrogens with one attached hydrogen (secondary N) is 1. The van der Waals surface area contributed by atoms with Gasteiger partial charge in [-0.1, -0.05) is 27.7 Å². The minimum absolute atomic E-state index is 0.291. The minimum Gasteiger partial charge on any atom is -0.380 e. The summed E-state index contributed by atoms with van der Waals surface area (Å²) in [5.41, 5.74) is 0.291. The quantitative estimate of drug-likeness (QED) is 0.722. The van der Waals surface area contributed by atoms with E-state index in [0.29, 0.717) is 23.5 Å². The molecular weight excluding hydrogens is 214 g/mol. The van der Waals surface area contributed by atoms with E-state index in [-0.39, 0.29) is 0 Å². The van der Waals surface area contributed by atoms with E-state index in [9.17, 15) is 0 Å². The first kappa shape index (κ1) is 13.3. The lowest BCUT2D eigenvalue weighted by Crippen LogP contribution is -2.66. The fourth-order valence-corrected chi connectivity index (χ4v) is 3.34. The average molecular weight is 241 g/mol. The molecule has 0 radical (unpaired) electrons. The van der Waals surface area contributed by atoms with Gasteiger partial charge in [0.05, 0.1) is 12.7 Å².